The van der Waals surface area contributed by atoms with Crippen LogP contribution in [-0.2, 0) is 0 Å². The summed E-state index contributed by atoms with van der Waals surface area (Å²) in [5.41, 5.74) is 3.86. The Hall–Kier alpha value is -3.73. The van der Waals surface area contributed by atoms with E-state index in [2.05, 4.69) is 0 Å². The van der Waals surface area contributed by atoms with Crippen molar-refractivity contribution in [2.75, 3.05) is 0 Å². The Bertz CT molecular complexity index is 1060. The van der Waals surface area contributed by atoms with E-state index in [0.717, 1.165) is 16.9 Å². The summed E-state index contributed by atoms with van der Waals surface area (Å²) >= 11 is 0. The normalized spacial score (nSPS) is 10.6. The fourth-order valence-electron chi connectivity index (χ4n) is 2.94. The van der Waals surface area contributed by atoms with Gasteiger partial charge in [-0.25, -0.2) is 4.68 Å². The summed E-state index contributed by atoms with van der Waals surface area (Å²) in [6.07, 6.45) is 0. The Morgan fingerprint density at radius 1 is 0.808 bits per heavy atom. The lowest BCUT2D eigenvalue weighted by atomic mass is 10.1. The Labute approximate surface area is 150 Å². The van der Waals surface area contributed by atoms with Crippen molar-refractivity contribution in [3.8, 4) is 28.2 Å². The smallest absolute Gasteiger partial charge is 0.258 e. The molecule has 3 aromatic carbocycles. The number of para-hydroxylation sites is 2. The van der Waals surface area contributed by atoms with Gasteiger partial charge in [0.2, 0.25) is 0 Å². The van der Waals surface area contributed by atoms with Crippen LogP contribution in [0.4, 0.5) is 5.69 Å². The quantitative estimate of drug-likeness (QED) is 0.382. The zero-order valence-electron chi connectivity index (χ0n) is 13.8. The first-order chi connectivity index (χ1) is 12.7. The second-order valence-corrected chi connectivity index (χ2v) is 5.80. The largest absolute Gasteiger partial charge is 0.278 e. The minimum absolute atomic E-state index is 0.0594. The van der Waals surface area contributed by atoms with Gasteiger partial charge in [-0.2, -0.15) is 5.10 Å². The number of aromatic nitrogens is 2. The van der Waals surface area contributed by atoms with Crippen LogP contribution in [-0.4, -0.2) is 14.7 Å². The third-order valence-electron chi connectivity index (χ3n) is 4.16. The van der Waals surface area contributed by atoms with Crippen LogP contribution in [0.1, 0.15) is 0 Å². The summed E-state index contributed by atoms with van der Waals surface area (Å²) in [7, 11) is 0. The number of benzene rings is 3. The van der Waals surface area contributed by atoms with Crippen LogP contribution in [0.3, 0.4) is 0 Å². The third-order valence-corrected chi connectivity index (χ3v) is 4.16. The van der Waals surface area contributed by atoms with Crippen LogP contribution in [0.2, 0.25) is 0 Å². The highest BCUT2D eigenvalue weighted by molar-refractivity contribution is 5.76. The zero-order valence-corrected chi connectivity index (χ0v) is 13.8. The van der Waals surface area contributed by atoms with Gasteiger partial charge in [-0.3, -0.25) is 10.1 Å². The predicted molar refractivity (Wildman–Crippen MR) is 101 cm³/mol. The molecule has 0 N–H and O–H groups in total. The number of hydrogen-bond acceptors (Lipinski definition) is 3. The Morgan fingerprint density at radius 2 is 1.42 bits per heavy atom. The van der Waals surface area contributed by atoms with Crippen LogP contribution in [0.15, 0.2) is 91.0 Å². The average molecular weight is 341 g/mol. The molecule has 26 heavy (non-hydrogen) atoms. The molecule has 0 aliphatic heterocycles. The molecule has 0 fully saturated rings. The van der Waals surface area contributed by atoms with Crippen molar-refractivity contribution >= 4 is 5.69 Å². The van der Waals surface area contributed by atoms with E-state index in [0.29, 0.717) is 11.3 Å². The fourth-order valence-corrected chi connectivity index (χ4v) is 2.94. The summed E-state index contributed by atoms with van der Waals surface area (Å²) in [4.78, 5) is 11.1. The molecule has 0 saturated heterocycles. The molecule has 5 heteroatoms. The second-order valence-electron chi connectivity index (χ2n) is 5.80. The van der Waals surface area contributed by atoms with E-state index in [-0.39, 0.29) is 10.6 Å². The van der Waals surface area contributed by atoms with Gasteiger partial charge in [-0.1, -0.05) is 60.7 Å². The van der Waals surface area contributed by atoms with Crippen LogP contribution >= 0.6 is 0 Å². The maximum Gasteiger partial charge on any atom is 0.278 e. The van der Waals surface area contributed by atoms with Crippen molar-refractivity contribution in [2.24, 2.45) is 0 Å². The predicted octanol–water partition coefficient (Wildman–Crippen LogP) is 5.11. The van der Waals surface area contributed by atoms with Crippen molar-refractivity contribution in [1.29, 1.82) is 0 Å². The Morgan fingerprint density at radius 3 is 2.12 bits per heavy atom. The molecule has 0 saturated carbocycles. The van der Waals surface area contributed by atoms with Gasteiger partial charge >= 0.3 is 0 Å². The van der Waals surface area contributed by atoms with Gasteiger partial charge in [-0.15, -0.1) is 0 Å². The lowest BCUT2D eigenvalue weighted by Crippen LogP contribution is -2.00. The van der Waals surface area contributed by atoms with Gasteiger partial charge in [0.1, 0.15) is 0 Å². The molecule has 4 aromatic rings. The maximum absolute atomic E-state index is 11.5. The first-order valence-corrected chi connectivity index (χ1v) is 8.19. The summed E-state index contributed by atoms with van der Waals surface area (Å²) < 4.78 is 1.75. The third kappa shape index (κ3) is 2.86. The molecule has 0 atom stereocenters. The van der Waals surface area contributed by atoms with Crippen LogP contribution in [0.25, 0.3) is 28.2 Å². The van der Waals surface area contributed by atoms with Crippen LogP contribution < -0.4 is 0 Å². The topological polar surface area (TPSA) is 61.0 Å². The molecular weight excluding hydrogens is 326 g/mol. The molecule has 0 radical (unpaired) electrons. The maximum atomic E-state index is 11.5. The van der Waals surface area contributed by atoms with Gasteiger partial charge < -0.3 is 0 Å². The molecule has 0 spiro atoms. The number of nitro groups is 1. The minimum atomic E-state index is -0.361. The highest BCUT2D eigenvalue weighted by atomic mass is 16.6. The molecule has 0 aliphatic rings. The van der Waals surface area contributed by atoms with Crippen molar-refractivity contribution < 1.29 is 4.92 Å². The molecule has 4 rings (SSSR count). The highest BCUT2D eigenvalue weighted by Crippen LogP contribution is 2.34. The van der Waals surface area contributed by atoms with E-state index in [9.17, 15) is 10.1 Å². The van der Waals surface area contributed by atoms with E-state index in [1.54, 1.807) is 22.9 Å². The highest BCUT2D eigenvalue weighted by Gasteiger charge is 2.20. The number of nitrogens with zero attached hydrogens (tertiary/aromatic N) is 3. The van der Waals surface area contributed by atoms with E-state index in [4.69, 9.17) is 5.10 Å². The van der Waals surface area contributed by atoms with Gasteiger partial charge in [0.25, 0.3) is 5.69 Å². The molecule has 1 heterocycles. The molecular formula is C21H15N3O2. The molecule has 0 bridgehead atoms. The van der Waals surface area contributed by atoms with Crippen LogP contribution in [0.5, 0.6) is 0 Å². The fraction of sp³-hybridized carbons (Fsp3) is 0. The molecule has 0 unspecified atom stereocenters. The van der Waals surface area contributed by atoms with E-state index in [1.165, 1.54) is 6.07 Å². The van der Waals surface area contributed by atoms with Crippen molar-refractivity contribution in [3.63, 3.8) is 0 Å². The van der Waals surface area contributed by atoms with Crippen molar-refractivity contribution in [1.82, 2.24) is 9.78 Å². The molecule has 0 aliphatic carbocycles. The van der Waals surface area contributed by atoms with Gasteiger partial charge in [0.15, 0.2) is 0 Å². The van der Waals surface area contributed by atoms with Crippen LogP contribution in [0, 0.1) is 10.1 Å². The van der Waals surface area contributed by atoms with Crippen molar-refractivity contribution in [2.45, 2.75) is 0 Å². The first-order valence-electron chi connectivity index (χ1n) is 8.19. The molecule has 126 valence electrons. The molecule has 5 nitrogen and oxygen atoms in total. The van der Waals surface area contributed by atoms with Gasteiger partial charge in [0, 0.05) is 11.6 Å². The Balaban J connectivity index is 1.97. The first kappa shape index (κ1) is 15.8. The Kier molecular flexibility index (Phi) is 4.03. The second kappa shape index (κ2) is 6.64. The lowest BCUT2D eigenvalue weighted by Gasteiger charge is -2.07. The zero-order chi connectivity index (χ0) is 17.9. The standard InChI is InChI=1S/C21H15N3O2/c25-24(26)20-14-8-7-13-18(20)21-15-19(16-9-3-1-4-10-16)22-23(21)17-11-5-2-6-12-17/h1-15H. The monoisotopic (exact) mass is 341 g/mol. The van der Waals surface area contributed by atoms with Gasteiger partial charge in [0.05, 0.1) is 27.6 Å². The van der Waals surface area contributed by atoms with E-state index >= 15 is 0 Å². The summed E-state index contributed by atoms with van der Waals surface area (Å²) in [6, 6.07) is 28.0. The molecule has 1 aromatic heterocycles. The number of rotatable bonds is 4. The van der Waals surface area contributed by atoms with Crippen molar-refractivity contribution in [3.05, 3.63) is 101 Å². The molecule has 0 amide bonds. The van der Waals surface area contributed by atoms with E-state index < -0.39 is 0 Å². The number of hydrogen-bond donors (Lipinski definition) is 0. The summed E-state index contributed by atoms with van der Waals surface area (Å²) in [5.74, 6) is 0. The average Bonchev–Trinajstić information content (AvgIpc) is 3.14. The minimum Gasteiger partial charge on any atom is -0.258 e. The van der Waals surface area contributed by atoms with Gasteiger partial charge in [-0.05, 0) is 24.3 Å². The number of nitro benzene ring substituents is 1. The summed E-state index contributed by atoms with van der Waals surface area (Å²) in [5, 5.41) is 16.2. The lowest BCUT2D eigenvalue weighted by molar-refractivity contribution is -0.384. The SMILES string of the molecule is O=[N+]([O-])c1ccccc1-c1cc(-c2ccccc2)nn1-c1ccccc1. The van der Waals surface area contributed by atoms with E-state index in [1.807, 2.05) is 66.7 Å². The summed E-state index contributed by atoms with van der Waals surface area (Å²) in [6.45, 7) is 0.